The third kappa shape index (κ3) is 5.43. The molecule has 0 aliphatic heterocycles. The highest BCUT2D eigenvalue weighted by atomic mass is 16.5. The molecule has 0 spiro atoms. The molecule has 0 radical (unpaired) electrons. The summed E-state index contributed by atoms with van der Waals surface area (Å²) in [5, 5.41) is 3.83. The zero-order chi connectivity index (χ0) is 16.5. The van der Waals surface area contributed by atoms with Gasteiger partial charge in [0, 0.05) is 13.1 Å². The fourth-order valence-electron chi connectivity index (χ4n) is 1.81. The standard InChI is InChI=1S/C15H22N4O3/c1-4-19(5-2)14(20)10-22-13-8-6-12(7-9-13)11(3)17-18-15(16)21/h6-9H,4-5,10H2,1-3H3,(H3,16,18,21)/b17-11-. The van der Waals surface area contributed by atoms with Crippen LogP contribution < -0.4 is 15.9 Å². The first kappa shape index (κ1) is 17.5. The van der Waals surface area contributed by atoms with Crippen LogP contribution in [-0.2, 0) is 4.79 Å². The number of benzene rings is 1. The molecule has 3 N–H and O–H groups in total. The molecule has 0 fully saturated rings. The van der Waals surface area contributed by atoms with Crippen LogP contribution in [0.2, 0.25) is 0 Å². The molecular weight excluding hydrogens is 284 g/mol. The zero-order valence-electron chi connectivity index (χ0n) is 13.1. The molecule has 1 aromatic rings. The van der Waals surface area contributed by atoms with E-state index in [1.54, 1.807) is 36.1 Å². The minimum atomic E-state index is -0.714. The number of carbonyl (C=O) groups excluding carboxylic acids is 2. The number of nitrogens with one attached hydrogen (secondary N) is 1. The second kappa shape index (κ2) is 8.66. The Morgan fingerprint density at radius 3 is 2.32 bits per heavy atom. The van der Waals surface area contributed by atoms with Gasteiger partial charge in [-0.05, 0) is 50.6 Å². The molecule has 0 heterocycles. The summed E-state index contributed by atoms with van der Waals surface area (Å²) in [6.07, 6.45) is 0. The molecule has 0 unspecified atom stereocenters. The number of likely N-dealkylation sites (N-methyl/N-ethyl adjacent to an activating group) is 1. The molecule has 3 amide bonds. The van der Waals surface area contributed by atoms with Crippen molar-refractivity contribution in [1.29, 1.82) is 0 Å². The number of nitrogens with zero attached hydrogens (tertiary/aromatic N) is 2. The van der Waals surface area contributed by atoms with Crippen molar-refractivity contribution >= 4 is 17.6 Å². The predicted octanol–water partition coefficient (Wildman–Crippen LogP) is 1.33. The summed E-state index contributed by atoms with van der Waals surface area (Å²) < 4.78 is 5.46. The first-order chi connectivity index (χ1) is 10.5. The van der Waals surface area contributed by atoms with Gasteiger partial charge in [-0.15, -0.1) is 0 Å². The number of amides is 3. The van der Waals surface area contributed by atoms with E-state index in [0.29, 0.717) is 24.6 Å². The molecule has 0 bridgehead atoms. The summed E-state index contributed by atoms with van der Waals surface area (Å²) in [5.74, 6) is 0.553. The van der Waals surface area contributed by atoms with Crippen molar-refractivity contribution in [1.82, 2.24) is 10.3 Å². The molecule has 0 saturated heterocycles. The summed E-state index contributed by atoms with van der Waals surface area (Å²) >= 11 is 0. The van der Waals surface area contributed by atoms with Gasteiger partial charge >= 0.3 is 6.03 Å². The van der Waals surface area contributed by atoms with Crippen LogP contribution in [0.25, 0.3) is 0 Å². The van der Waals surface area contributed by atoms with E-state index in [1.165, 1.54) is 0 Å². The van der Waals surface area contributed by atoms with E-state index in [9.17, 15) is 9.59 Å². The smallest absolute Gasteiger partial charge is 0.332 e. The van der Waals surface area contributed by atoms with Crippen LogP contribution in [0.4, 0.5) is 4.79 Å². The van der Waals surface area contributed by atoms with Crippen LogP contribution >= 0.6 is 0 Å². The molecule has 0 saturated carbocycles. The molecule has 22 heavy (non-hydrogen) atoms. The lowest BCUT2D eigenvalue weighted by molar-refractivity contribution is -0.132. The van der Waals surface area contributed by atoms with Crippen LogP contribution in [0, 0.1) is 0 Å². The fourth-order valence-corrected chi connectivity index (χ4v) is 1.81. The van der Waals surface area contributed by atoms with Crippen LogP contribution in [0.1, 0.15) is 26.3 Å². The van der Waals surface area contributed by atoms with Gasteiger partial charge in [0.25, 0.3) is 5.91 Å². The van der Waals surface area contributed by atoms with Crippen molar-refractivity contribution in [2.45, 2.75) is 20.8 Å². The largest absolute Gasteiger partial charge is 0.484 e. The molecule has 0 aromatic heterocycles. The number of rotatable bonds is 7. The maximum Gasteiger partial charge on any atom is 0.332 e. The van der Waals surface area contributed by atoms with E-state index < -0.39 is 6.03 Å². The maximum absolute atomic E-state index is 11.8. The van der Waals surface area contributed by atoms with Gasteiger partial charge in [-0.3, -0.25) is 4.79 Å². The number of hydrazone groups is 1. The summed E-state index contributed by atoms with van der Waals surface area (Å²) in [7, 11) is 0. The molecule has 0 atom stereocenters. The summed E-state index contributed by atoms with van der Waals surface area (Å²) in [6, 6.07) is 6.36. The van der Waals surface area contributed by atoms with E-state index in [-0.39, 0.29) is 12.5 Å². The first-order valence-electron chi connectivity index (χ1n) is 7.08. The Hall–Kier alpha value is -2.57. The third-order valence-corrected chi connectivity index (χ3v) is 3.08. The Morgan fingerprint density at radius 1 is 1.23 bits per heavy atom. The second-order valence-electron chi connectivity index (χ2n) is 4.55. The number of nitrogens with two attached hydrogens (primary N) is 1. The molecule has 0 aliphatic rings. The normalized spacial score (nSPS) is 11.0. The van der Waals surface area contributed by atoms with Crippen molar-refractivity contribution in [3.8, 4) is 5.75 Å². The van der Waals surface area contributed by atoms with E-state index in [2.05, 4.69) is 10.5 Å². The quantitative estimate of drug-likeness (QED) is 0.587. The highest BCUT2D eigenvalue weighted by Crippen LogP contribution is 2.13. The van der Waals surface area contributed by atoms with E-state index >= 15 is 0 Å². The highest BCUT2D eigenvalue weighted by molar-refractivity contribution is 5.99. The van der Waals surface area contributed by atoms with Crippen molar-refractivity contribution in [2.24, 2.45) is 10.8 Å². The number of carbonyl (C=O) groups is 2. The van der Waals surface area contributed by atoms with Crippen molar-refractivity contribution < 1.29 is 14.3 Å². The van der Waals surface area contributed by atoms with E-state index in [4.69, 9.17) is 10.5 Å². The molecular formula is C15H22N4O3. The first-order valence-corrected chi connectivity index (χ1v) is 7.08. The Labute approximate surface area is 130 Å². The van der Waals surface area contributed by atoms with Gasteiger partial charge in [0.05, 0.1) is 5.71 Å². The molecule has 7 heteroatoms. The Morgan fingerprint density at radius 2 is 1.82 bits per heavy atom. The van der Waals surface area contributed by atoms with Crippen LogP contribution in [0.15, 0.2) is 29.4 Å². The SMILES string of the molecule is CCN(CC)C(=O)COc1ccc(/C(C)=N\NC(N)=O)cc1. The monoisotopic (exact) mass is 306 g/mol. The van der Waals surface area contributed by atoms with Gasteiger partial charge in [-0.1, -0.05) is 0 Å². The Kier molecular flexibility index (Phi) is 6.88. The van der Waals surface area contributed by atoms with Crippen LogP contribution in [0.5, 0.6) is 5.75 Å². The molecule has 1 aromatic carbocycles. The number of hydrogen-bond acceptors (Lipinski definition) is 4. The minimum Gasteiger partial charge on any atom is -0.484 e. The average molecular weight is 306 g/mol. The Balaban J connectivity index is 2.60. The van der Waals surface area contributed by atoms with Crippen LogP contribution in [-0.4, -0.2) is 42.2 Å². The van der Waals surface area contributed by atoms with Crippen molar-refractivity contribution in [3.05, 3.63) is 29.8 Å². The summed E-state index contributed by atoms with van der Waals surface area (Å²) in [6.45, 7) is 6.95. The Bertz CT molecular complexity index is 536. The third-order valence-electron chi connectivity index (χ3n) is 3.08. The average Bonchev–Trinajstić information content (AvgIpc) is 2.52. The number of ether oxygens (including phenoxy) is 1. The number of urea groups is 1. The highest BCUT2D eigenvalue weighted by Gasteiger charge is 2.10. The lowest BCUT2D eigenvalue weighted by Crippen LogP contribution is -2.34. The van der Waals surface area contributed by atoms with Gasteiger partial charge in [0.2, 0.25) is 0 Å². The molecule has 120 valence electrons. The minimum absolute atomic E-state index is 0.0112. The maximum atomic E-state index is 11.8. The lowest BCUT2D eigenvalue weighted by Gasteiger charge is -2.18. The van der Waals surface area contributed by atoms with Crippen molar-refractivity contribution in [2.75, 3.05) is 19.7 Å². The van der Waals surface area contributed by atoms with E-state index in [0.717, 1.165) is 5.56 Å². The second-order valence-corrected chi connectivity index (χ2v) is 4.55. The zero-order valence-corrected chi connectivity index (χ0v) is 13.1. The molecule has 0 aliphatic carbocycles. The molecule has 7 nitrogen and oxygen atoms in total. The predicted molar refractivity (Wildman–Crippen MR) is 84.8 cm³/mol. The van der Waals surface area contributed by atoms with E-state index in [1.807, 2.05) is 13.8 Å². The summed E-state index contributed by atoms with van der Waals surface area (Å²) in [5.41, 5.74) is 8.55. The topological polar surface area (TPSA) is 97.0 Å². The van der Waals surface area contributed by atoms with Gasteiger partial charge in [0.15, 0.2) is 6.61 Å². The lowest BCUT2D eigenvalue weighted by atomic mass is 10.1. The van der Waals surface area contributed by atoms with Gasteiger partial charge < -0.3 is 15.4 Å². The fraction of sp³-hybridized carbons (Fsp3) is 0.400. The summed E-state index contributed by atoms with van der Waals surface area (Å²) in [4.78, 5) is 24.1. The number of primary amides is 1. The molecule has 1 rings (SSSR count). The van der Waals surface area contributed by atoms with Crippen molar-refractivity contribution in [3.63, 3.8) is 0 Å². The number of hydrogen-bond donors (Lipinski definition) is 2. The van der Waals surface area contributed by atoms with Gasteiger partial charge in [0.1, 0.15) is 5.75 Å². The van der Waals surface area contributed by atoms with Crippen LogP contribution in [0.3, 0.4) is 0 Å². The van der Waals surface area contributed by atoms with Gasteiger partial charge in [-0.2, -0.15) is 5.10 Å². The van der Waals surface area contributed by atoms with Gasteiger partial charge in [-0.25, -0.2) is 10.2 Å².